The highest BCUT2D eigenvalue weighted by Gasteiger charge is 2.58. The van der Waals surface area contributed by atoms with Crippen LogP contribution in [0.4, 0.5) is 0 Å². The summed E-state index contributed by atoms with van der Waals surface area (Å²) in [6.45, 7) is 1.75. The van der Waals surface area contributed by atoms with Gasteiger partial charge < -0.3 is 5.73 Å². The molecule has 3 nitrogen and oxygen atoms in total. The van der Waals surface area contributed by atoms with Crippen molar-refractivity contribution in [3.05, 3.63) is 35.9 Å². The minimum Gasteiger partial charge on any atom is -0.369 e. The molecule has 2 N–H and O–H groups in total. The summed E-state index contributed by atoms with van der Waals surface area (Å²) in [5.41, 5.74) is 5.29. The quantitative estimate of drug-likeness (QED) is 0.754. The van der Waals surface area contributed by atoms with E-state index in [0.29, 0.717) is 12.0 Å². The number of carbonyl (C=O) groups excluding carboxylic acids is 2. The Morgan fingerprint density at radius 1 is 1.33 bits per heavy atom. The maximum absolute atomic E-state index is 11.9. The van der Waals surface area contributed by atoms with Crippen molar-refractivity contribution >= 4 is 11.7 Å². The third kappa shape index (κ3) is 1.54. The van der Waals surface area contributed by atoms with Crippen LogP contribution in [-0.4, -0.2) is 11.7 Å². The minimum absolute atomic E-state index is 0.0249. The SMILES string of the molecule is CC1(C(N)=O)CC1C(=O)c1ccccc1. The predicted molar refractivity (Wildman–Crippen MR) is 56.2 cm³/mol. The Morgan fingerprint density at radius 2 is 1.93 bits per heavy atom. The molecule has 0 heterocycles. The summed E-state index contributed by atoms with van der Waals surface area (Å²) in [6.07, 6.45) is 0.579. The number of hydrogen-bond donors (Lipinski definition) is 1. The number of carbonyl (C=O) groups is 2. The molecule has 0 aromatic heterocycles. The summed E-state index contributed by atoms with van der Waals surface area (Å²) >= 11 is 0. The molecule has 15 heavy (non-hydrogen) atoms. The molecule has 1 aliphatic carbocycles. The smallest absolute Gasteiger partial charge is 0.224 e. The van der Waals surface area contributed by atoms with E-state index in [2.05, 4.69) is 0 Å². The molecule has 1 aromatic rings. The average Bonchev–Trinajstić information content (AvgIpc) is 2.93. The van der Waals surface area contributed by atoms with Crippen LogP contribution >= 0.6 is 0 Å². The first-order valence-electron chi connectivity index (χ1n) is 4.95. The van der Waals surface area contributed by atoms with Crippen LogP contribution in [0, 0.1) is 11.3 Å². The Bertz CT molecular complexity index is 413. The van der Waals surface area contributed by atoms with Crippen molar-refractivity contribution in [2.75, 3.05) is 0 Å². The molecule has 1 aromatic carbocycles. The molecule has 2 unspecified atom stereocenters. The van der Waals surface area contributed by atoms with Crippen LogP contribution < -0.4 is 5.73 Å². The number of benzene rings is 1. The first kappa shape index (κ1) is 9.90. The Balaban J connectivity index is 2.17. The third-order valence-electron chi connectivity index (χ3n) is 3.17. The van der Waals surface area contributed by atoms with Crippen LogP contribution in [0.5, 0.6) is 0 Å². The van der Waals surface area contributed by atoms with Crippen molar-refractivity contribution in [1.82, 2.24) is 0 Å². The topological polar surface area (TPSA) is 60.2 Å². The highest BCUT2D eigenvalue weighted by molar-refractivity contribution is 6.04. The van der Waals surface area contributed by atoms with Gasteiger partial charge in [-0.2, -0.15) is 0 Å². The van der Waals surface area contributed by atoms with Crippen molar-refractivity contribution < 1.29 is 9.59 Å². The zero-order valence-electron chi connectivity index (χ0n) is 8.57. The number of Topliss-reactive ketones (excluding diaryl/α,β-unsaturated/α-hetero) is 1. The second-order valence-corrected chi connectivity index (χ2v) is 4.27. The molecule has 0 bridgehead atoms. The molecule has 78 valence electrons. The highest BCUT2D eigenvalue weighted by Crippen LogP contribution is 2.53. The standard InChI is InChI=1S/C12H13NO2/c1-12(11(13)15)7-9(12)10(14)8-5-3-2-4-6-8/h2-6,9H,7H2,1H3,(H2,13,15). The van der Waals surface area contributed by atoms with Gasteiger partial charge in [-0.3, -0.25) is 9.59 Å². The summed E-state index contributed by atoms with van der Waals surface area (Å²) < 4.78 is 0. The van der Waals surface area contributed by atoms with Gasteiger partial charge in [0.25, 0.3) is 0 Å². The van der Waals surface area contributed by atoms with Crippen LogP contribution in [0.25, 0.3) is 0 Å². The van der Waals surface area contributed by atoms with Crippen molar-refractivity contribution in [3.63, 3.8) is 0 Å². The Labute approximate surface area is 88.3 Å². The van der Waals surface area contributed by atoms with Crippen LogP contribution in [0.2, 0.25) is 0 Å². The molecule has 3 heteroatoms. The van der Waals surface area contributed by atoms with Crippen molar-refractivity contribution in [3.8, 4) is 0 Å². The summed E-state index contributed by atoms with van der Waals surface area (Å²) in [6, 6.07) is 9.02. The van der Waals surface area contributed by atoms with Gasteiger partial charge in [0.05, 0.1) is 5.41 Å². The monoisotopic (exact) mass is 203 g/mol. The zero-order chi connectivity index (χ0) is 11.1. The number of ketones is 1. The molecule has 2 atom stereocenters. The lowest BCUT2D eigenvalue weighted by molar-refractivity contribution is -0.122. The molecule has 1 amide bonds. The molecule has 1 fully saturated rings. The summed E-state index contributed by atoms with van der Waals surface area (Å²) in [5.74, 6) is -0.578. The Kier molecular flexibility index (Phi) is 2.11. The van der Waals surface area contributed by atoms with Gasteiger partial charge in [0.15, 0.2) is 5.78 Å². The van der Waals surface area contributed by atoms with Gasteiger partial charge in [0.2, 0.25) is 5.91 Å². The molecule has 0 radical (unpaired) electrons. The van der Waals surface area contributed by atoms with E-state index in [1.807, 2.05) is 18.2 Å². The van der Waals surface area contributed by atoms with E-state index in [-0.39, 0.29) is 17.6 Å². The van der Waals surface area contributed by atoms with Gasteiger partial charge in [0, 0.05) is 11.5 Å². The second-order valence-electron chi connectivity index (χ2n) is 4.27. The molecule has 1 saturated carbocycles. The first-order valence-corrected chi connectivity index (χ1v) is 4.95. The van der Waals surface area contributed by atoms with E-state index < -0.39 is 5.41 Å². The van der Waals surface area contributed by atoms with Gasteiger partial charge in [-0.25, -0.2) is 0 Å². The maximum atomic E-state index is 11.9. The predicted octanol–water partition coefficient (Wildman–Crippen LogP) is 1.38. The molecule has 1 aliphatic rings. The molecule has 0 aliphatic heterocycles. The number of primary amides is 1. The summed E-state index contributed by atoms with van der Waals surface area (Å²) in [4.78, 5) is 23.0. The van der Waals surface area contributed by atoms with E-state index in [4.69, 9.17) is 5.73 Å². The third-order valence-corrected chi connectivity index (χ3v) is 3.17. The van der Waals surface area contributed by atoms with Crippen LogP contribution in [0.1, 0.15) is 23.7 Å². The zero-order valence-corrected chi connectivity index (χ0v) is 8.57. The molecular formula is C12H13NO2. The van der Waals surface area contributed by atoms with Gasteiger partial charge in [-0.15, -0.1) is 0 Å². The summed E-state index contributed by atoms with van der Waals surface area (Å²) in [5, 5.41) is 0. The fraction of sp³-hybridized carbons (Fsp3) is 0.333. The number of nitrogens with two attached hydrogens (primary N) is 1. The van der Waals surface area contributed by atoms with E-state index in [9.17, 15) is 9.59 Å². The number of rotatable bonds is 3. The molecule has 0 spiro atoms. The molecule has 0 saturated heterocycles. The lowest BCUT2D eigenvalue weighted by Gasteiger charge is -2.05. The van der Waals surface area contributed by atoms with E-state index in [0.717, 1.165) is 0 Å². The van der Waals surface area contributed by atoms with Crippen LogP contribution in [-0.2, 0) is 4.79 Å². The average molecular weight is 203 g/mol. The highest BCUT2D eigenvalue weighted by atomic mass is 16.2. The normalized spacial score (nSPS) is 28.5. The van der Waals surface area contributed by atoms with E-state index in [1.54, 1.807) is 19.1 Å². The fourth-order valence-corrected chi connectivity index (χ4v) is 1.82. The van der Waals surface area contributed by atoms with Gasteiger partial charge in [-0.05, 0) is 6.42 Å². The second kappa shape index (κ2) is 3.19. The first-order chi connectivity index (χ1) is 7.05. The lowest BCUT2D eigenvalue weighted by atomic mass is 9.99. The van der Waals surface area contributed by atoms with Crippen LogP contribution in [0.15, 0.2) is 30.3 Å². The van der Waals surface area contributed by atoms with E-state index in [1.165, 1.54) is 0 Å². The lowest BCUT2D eigenvalue weighted by Crippen LogP contribution is -2.25. The van der Waals surface area contributed by atoms with Gasteiger partial charge in [0.1, 0.15) is 0 Å². The van der Waals surface area contributed by atoms with Gasteiger partial charge >= 0.3 is 0 Å². The van der Waals surface area contributed by atoms with Crippen LogP contribution in [0.3, 0.4) is 0 Å². The van der Waals surface area contributed by atoms with Crippen molar-refractivity contribution in [1.29, 1.82) is 0 Å². The Morgan fingerprint density at radius 3 is 2.40 bits per heavy atom. The maximum Gasteiger partial charge on any atom is 0.224 e. The Hall–Kier alpha value is -1.64. The number of amides is 1. The van der Waals surface area contributed by atoms with Crippen molar-refractivity contribution in [2.45, 2.75) is 13.3 Å². The molecule has 2 rings (SSSR count). The minimum atomic E-state index is -0.618. The number of hydrogen-bond acceptors (Lipinski definition) is 2. The fourth-order valence-electron chi connectivity index (χ4n) is 1.82. The van der Waals surface area contributed by atoms with E-state index >= 15 is 0 Å². The largest absolute Gasteiger partial charge is 0.369 e. The molecular weight excluding hydrogens is 190 g/mol. The van der Waals surface area contributed by atoms with Crippen molar-refractivity contribution in [2.24, 2.45) is 17.1 Å². The van der Waals surface area contributed by atoms with Gasteiger partial charge in [-0.1, -0.05) is 37.3 Å². The summed E-state index contributed by atoms with van der Waals surface area (Å²) in [7, 11) is 0.